The molecule has 0 aliphatic carbocycles. The molecule has 0 amide bonds. The van der Waals surface area contributed by atoms with Crippen LogP contribution in [-0.4, -0.2) is 10.1 Å². The summed E-state index contributed by atoms with van der Waals surface area (Å²) in [5, 5.41) is 4.03. The first-order valence-corrected chi connectivity index (χ1v) is 7.40. The van der Waals surface area contributed by atoms with Crippen LogP contribution in [-0.2, 0) is 13.0 Å². The van der Waals surface area contributed by atoms with Gasteiger partial charge in [-0.3, -0.25) is 0 Å². The van der Waals surface area contributed by atoms with E-state index in [2.05, 4.69) is 26.1 Å². The van der Waals surface area contributed by atoms with Gasteiger partial charge in [0.05, 0.1) is 0 Å². The van der Waals surface area contributed by atoms with Crippen molar-refractivity contribution in [2.24, 2.45) is 5.73 Å². The summed E-state index contributed by atoms with van der Waals surface area (Å²) in [6, 6.07) is 15.9. The zero-order valence-corrected chi connectivity index (χ0v) is 12.9. The maximum absolute atomic E-state index is 5.59. The van der Waals surface area contributed by atoms with Crippen LogP contribution in [0.25, 0.3) is 11.5 Å². The molecule has 5 heteroatoms. The Morgan fingerprint density at radius 2 is 1.86 bits per heavy atom. The van der Waals surface area contributed by atoms with Gasteiger partial charge in [0, 0.05) is 23.0 Å². The highest BCUT2D eigenvalue weighted by atomic mass is 79.9. The van der Waals surface area contributed by atoms with Gasteiger partial charge in [0.15, 0.2) is 5.82 Å². The van der Waals surface area contributed by atoms with Crippen molar-refractivity contribution in [3.63, 3.8) is 0 Å². The smallest absolute Gasteiger partial charge is 0.257 e. The molecule has 0 unspecified atom stereocenters. The van der Waals surface area contributed by atoms with E-state index in [1.54, 1.807) is 0 Å². The summed E-state index contributed by atoms with van der Waals surface area (Å²) in [6.45, 7) is 0.526. The molecule has 0 atom stereocenters. The normalized spacial score (nSPS) is 10.8. The van der Waals surface area contributed by atoms with Crippen LogP contribution in [0.3, 0.4) is 0 Å². The summed E-state index contributed by atoms with van der Waals surface area (Å²) < 4.78 is 6.37. The molecule has 3 rings (SSSR count). The molecule has 1 aromatic heterocycles. The second kappa shape index (κ2) is 6.20. The minimum atomic E-state index is 0.526. The van der Waals surface area contributed by atoms with E-state index < -0.39 is 0 Å². The van der Waals surface area contributed by atoms with Crippen LogP contribution in [0.15, 0.2) is 57.5 Å². The third kappa shape index (κ3) is 3.37. The van der Waals surface area contributed by atoms with E-state index in [9.17, 15) is 0 Å². The summed E-state index contributed by atoms with van der Waals surface area (Å²) in [5.41, 5.74) is 8.70. The van der Waals surface area contributed by atoms with Crippen molar-refractivity contribution in [2.45, 2.75) is 13.0 Å². The first kappa shape index (κ1) is 14.0. The van der Waals surface area contributed by atoms with Gasteiger partial charge in [-0.1, -0.05) is 45.4 Å². The van der Waals surface area contributed by atoms with Gasteiger partial charge in [0.25, 0.3) is 5.89 Å². The van der Waals surface area contributed by atoms with E-state index in [1.807, 2.05) is 48.5 Å². The summed E-state index contributed by atoms with van der Waals surface area (Å²) in [4.78, 5) is 4.44. The predicted octanol–water partition coefficient (Wildman–Crippen LogP) is 3.55. The van der Waals surface area contributed by atoms with Crippen LogP contribution in [0.5, 0.6) is 0 Å². The van der Waals surface area contributed by atoms with Crippen molar-refractivity contribution in [3.8, 4) is 11.5 Å². The Bertz CT molecular complexity index is 737. The van der Waals surface area contributed by atoms with Crippen LogP contribution in [0.2, 0.25) is 0 Å². The number of aromatic nitrogens is 2. The molecule has 21 heavy (non-hydrogen) atoms. The molecule has 0 saturated carbocycles. The van der Waals surface area contributed by atoms with E-state index in [0.717, 1.165) is 21.2 Å². The number of nitrogens with two attached hydrogens (primary N) is 1. The number of hydrogen-bond acceptors (Lipinski definition) is 4. The van der Waals surface area contributed by atoms with Crippen LogP contribution < -0.4 is 5.73 Å². The molecule has 0 aliphatic rings. The fourth-order valence-corrected chi connectivity index (χ4v) is 2.50. The highest BCUT2D eigenvalue weighted by Crippen LogP contribution is 2.19. The van der Waals surface area contributed by atoms with Gasteiger partial charge < -0.3 is 10.3 Å². The zero-order chi connectivity index (χ0) is 14.7. The molecule has 2 N–H and O–H groups in total. The van der Waals surface area contributed by atoms with E-state index in [4.69, 9.17) is 10.3 Å². The summed E-state index contributed by atoms with van der Waals surface area (Å²) in [6.07, 6.45) is 0.643. The van der Waals surface area contributed by atoms with Gasteiger partial charge in [-0.2, -0.15) is 4.98 Å². The molecule has 106 valence electrons. The SMILES string of the molecule is NCc1ccc(-c2nc(Cc3cccc(Br)c3)no2)cc1. The fraction of sp³-hybridized carbons (Fsp3) is 0.125. The van der Waals surface area contributed by atoms with E-state index in [1.165, 1.54) is 0 Å². The molecule has 3 aromatic rings. The lowest BCUT2D eigenvalue weighted by atomic mass is 10.1. The molecular weight excluding hydrogens is 330 g/mol. The Hall–Kier alpha value is -1.98. The van der Waals surface area contributed by atoms with Crippen molar-refractivity contribution < 1.29 is 4.52 Å². The molecule has 0 fully saturated rings. The maximum Gasteiger partial charge on any atom is 0.257 e. The van der Waals surface area contributed by atoms with Crippen LogP contribution in [0, 0.1) is 0 Å². The summed E-state index contributed by atoms with van der Waals surface area (Å²) >= 11 is 3.46. The third-order valence-electron chi connectivity index (χ3n) is 3.16. The topological polar surface area (TPSA) is 64.9 Å². The van der Waals surface area contributed by atoms with Crippen LogP contribution >= 0.6 is 15.9 Å². The van der Waals surface area contributed by atoms with Crippen LogP contribution in [0.1, 0.15) is 17.0 Å². The Morgan fingerprint density at radius 1 is 1.05 bits per heavy atom. The molecule has 4 nitrogen and oxygen atoms in total. The molecule has 0 spiro atoms. The van der Waals surface area contributed by atoms with Gasteiger partial charge in [-0.05, 0) is 35.4 Å². The number of halogens is 1. The monoisotopic (exact) mass is 343 g/mol. The van der Waals surface area contributed by atoms with Crippen molar-refractivity contribution in [3.05, 3.63) is 70.0 Å². The molecule has 0 radical (unpaired) electrons. The average molecular weight is 344 g/mol. The lowest BCUT2D eigenvalue weighted by molar-refractivity contribution is 0.424. The Balaban J connectivity index is 1.79. The number of rotatable bonds is 4. The molecule has 2 aromatic carbocycles. The van der Waals surface area contributed by atoms with Gasteiger partial charge in [-0.25, -0.2) is 0 Å². The zero-order valence-electron chi connectivity index (χ0n) is 11.3. The lowest BCUT2D eigenvalue weighted by Gasteiger charge is -1.98. The summed E-state index contributed by atoms with van der Waals surface area (Å²) in [7, 11) is 0. The van der Waals surface area contributed by atoms with E-state index >= 15 is 0 Å². The third-order valence-corrected chi connectivity index (χ3v) is 3.65. The molecule has 1 heterocycles. The van der Waals surface area contributed by atoms with E-state index in [0.29, 0.717) is 24.7 Å². The van der Waals surface area contributed by atoms with Crippen molar-refractivity contribution in [1.82, 2.24) is 10.1 Å². The van der Waals surface area contributed by atoms with Crippen LogP contribution in [0.4, 0.5) is 0 Å². The van der Waals surface area contributed by atoms with Gasteiger partial charge in [0.1, 0.15) is 0 Å². The quantitative estimate of drug-likeness (QED) is 0.786. The predicted molar refractivity (Wildman–Crippen MR) is 84.6 cm³/mol. The number of benzene rings is 2. The standard InChI is InChI=1S/C16H14BrN3O/c17-14-3-1-2-12(8-14)9-15-19-16(21-20-15)13-6-4-11(10-18)5-7-13/h1-8H,9-10,18H2. The summed E-state index contributed by atoms with van der Waals surface area (Å²) in [5.74, 6) is 1.20. The lowest BCUT2D eigenvalue weighted by Crippen LogP contribution is -1.95. The molecule has 0 bridgehead atoms. The largest absolute Gasteiger partial charge is 0.334 e. The van der Waals surface area contributed by atoms with E-state index in [-0.39, 0.29) is 0 Å². The molecular formula is C16H14BrN3O. The average Bonchev–Trinajstić information content (AvgIpc) is 2.96. The second-order valence-corrected chi connectivity index (χ2v) is 5.64. The Kier molecular flexibility index (Phi) is 4.13. The highest BCUT2D eigenvalue weighted by Gasteiger charge is 2.09. The van der Waals surface area contributed by atoms with Gasteiger partial charge in [0.2, 0.25) is 0 Å². The van der Waals surface area contributed by atoms with Gasteiger partial charge in [-0.15, -0.1) is 0 Å². The van der Waals surface area contributed by atoms with Crippen molar-refractivity contribution in [1.29, 1.82) is 0 Å². The fourth-order valence-electron chi connectivity index (χ4n) is 2.06. The molecule has 0 saturated heterocycles. The molecule has 0 aliphatic heterocycles. The first-order valence-electron chi connectivity index (χ1n) is 6.61. The number of hydrogen-bond donors (Lipinski definition) is 1. The highest BCUT2D eigenvalue weighted by molar-refractivity contribution is 9.10. The number of nitrogens with zero attached hydrogens (tertiary/aromatic N) is 2. The minimum Gasteiger partial charge on any atom is -0.334 e. The van der Waals surface area contributed by atoms with Gasteiger partial charge >= 0.3 is 0 Å². The van der Waals surface area contributed by atoms with Crippen molar-refractivity contribution >= 4 is 15.9 Å². The van der Waals surface area contributed by atoms with Crippen molar-refractivity contribution in [2.75, 3.05) is 0 Å². The maximum atomic E-state index is 5.59. The first-order chi connectivity index (χ1) is 10.2. The minimum absolute atomic E-state index is 0.526. The Labute approximate surface area is 131 Å². The second-order valence-electron chi connectivity index (χ2n) is 4.72. The Morgan fingerprint density at radius 3 is 2.57 bits per heavy atom.